The van der Waals surface area contributed by atoms with Gasteiger partial charge in [-0.1, -0.05) is 12.1 Å². The smallest absolute Gasteiger partial charge is 0.416 e. The number of ether oxygens (including phenoxy) is 1. The molecule has 0 spiro atoms. The minimum absolute atomic E-state index is 0.0383. The Kier molecular flexibility index (Phi) is 8.54. The summed E-state index contributed by atoms with van der Waals surface area (Å²) in [5.74, 6) is -1.14. The lowest BCUT2D eigenvalue weighted by Crippen LogP contribution is -2.32. The SMILES string of the molecule is Cc1cc(C(=O)O)ccc1-c1csc(-c2ccc(C(F)(F)F)cc2CN2C(=O)O[C@H](c3cc(C(F)(F)F)cc(C(F)(F)F)c3)[C@@H]2C)n1. The largest absolute Gasteiger partial charge is 0.478 e. The zero-order chi connectivity index (χ0) is 34.6. The molecule has 47 heavy (non-hydrogen) atoms. The van der Waals surface area contributed by atoms with E-state index in [9.17, 15) is 54.2 Å². The first-order chi connectivity index (χ1) is 21.7. The van der Waals surface area contributed by atoms with E-state index in [1.165, 1.54) is 25.1 Å². The van der Waals surface area contributed by atoms with Crippen molar-refractivity contribution in [3.05, 3.63) is 98.9 Å². The van der Waals surface area contributed by atoms with Crippen molar-refractivity contribution in [2.24, 2.45) is 0 Å². The fraction of sp³-hybridized carbons (Fsp3) is 0.258. The number of aromatic nitrogens is 1. The molecule has 4 aromatic rings. The number of cyclic esters (lactones) is 1. The molecule has 1 amide bonds. The molecule has 0 unspecified atom stereocenters. The average molecular weight is 689 g/mol. The molecule has 2 atom stereocenters. The maximum Gasteiger partial charge on any atom is 0.416 e. The van der Waals surface area contributed by atoms with Gasteiger partial charge in [0, 0.05) is 16.5 Å². The van der Waals surface area contributed by atoms with Crippen LogP contribution in [0.15, 0.2) is 60.0 Å². The molecule has 0 aliphatic carbocycles. The number of carboxylic acid groups (broad SMARTS) is 1. The molecular formula is C31H21F9N2O4S. The number of benzene rings is 3. The monoisotopic (exact) mass is 688 g/mol. The summed E-state index contributed by atoms with van der Waals surface area (Å²) in [6.45, 7) is 2.40. The molecule has 3 aromatic carbocycles. The molecule has 6 nitrogen and oxygen atoms in total. The Hall–Kier alpha value is -4.60. The minimum Gasteiger partial charge on any atom is -0.478 e. The van der Waals surface area contributed by atoms with Gasteiger partial charge in [0.1, 0.15) is 11.1 Å². The number of hydrogen-bond acceptors (Lipinski definition) is 5. The Bertz CT molecular complexity index is 1830. The predicted molar refractivity (Wildman–Crippen MR) is 150 cm³/mol. The van der Waals surface area contributed by atoms with Gasteiger partial charge in [-0.2, -0.15) is 39.5 Å². The highest BCUT2D eigenvalue weighted by molar-refractivity contribution is 7.13. The molecule has 1 aliphatic heterocycles. The van der Waals surface area contributed by atoms with Crippen LogP contribution in [-0.4, -0.2) is 33.1 Å². The summed E-state index contributed by atoms with van der Waals surface area (Å²) < 4.78 is 127. The summed E-state index contributed by atoms with van der Waals surface area (Å²) in [7, 11) is 0. The van der Waals surface area contributed by atoms with E-state index in [2.05, 4.69) is 4.98 Å². The first-order valence-electron chi connectivity index (χ1n) is 13.5. The molecule has 1 fully saturated rings. The summed E-state index contributed by atoms with van der Waals surface area (Å²) in [6, 6.07) is 6.67. The number of amides is 1. The van der Waals surface area contributed by atoms with E-state index in [1.807, 2.05) is 0 Å². The summed E-state index contributed by atoms with van der Waals surface area (Å²) >= 11 is 1.05. The molecule has 248 valence electrons. The molecule has 0 bridgehead atoms. The highest BCUT2D eigenvalue weighted by atomic mass is 32.1. The third-order valence-corrected chi connectivity index (χ3v) is 8.46. The van der Waals surface area contributed by atoms with E-state index in [-0.39, 0.29) is 27.8 Å². The Balaban J connectivity index is 1.52. The van der Waals surface area contributed by atoms with Crippen LogP contribution in [0.25, 0.3) is 21.8 Å². The third kappa shape index (κ3) is 6.92. The molecule has 16 heteroatoms. The van der Waals surface area contributed by atoms with Crippen molar-refractivity contribution < 1.29 is 58.9 Å². The topological polar surface area (TPSA) is 79.7 Å². The number of alkyl halides is 9. The van der Waals surface area contributed by atoms with Gasteiger partial charge in [-0.3, -0.25) is 4.90 Å². The Morgan fingerprint density at radius 2 is 1.47 bits per heavy atom. The number of halogens is 9. The van der Waals surface area contributed by atoms with Crippen LogP contribution in [0.1, 0.15) is 56.8 Å². The number of aromatic carboxylic acids is 1. The van der Waals surface area contributed by atoms with Gasteiger partial charge in [-0.05, 0) is 73.0 Å². The molecule has 5 rings (SSSR count). The predicted octanol–water partition coefficient (Wildman–Crippen LogP) is 9.62. The average Bonchev–Trinajstić information content (AvgIpc) is 3.56. The molecule has 1 N–H and O–H groups in total. The van der Waals surface area contributed by atoms with E-state index in [0.717, 1.165) is 34.4 Å². The molecule has 0 saturated carbocycles. The van der Waals surface area contributed by atoms with Gasteiger partial charge in [0.25, 0.3) is 0 Å². The Morgan fingerprint density at radius 3 is 2.02 bits per heavy atom. The normalized spacial score (nSPS) is 17.3. The van der Waals surface area contributed by atoms with Crippen LogP contribution in [0.5, 0.6) is 0 Å². The van der Waals surface area contributed by atoms with Crippen molar-refractivity contribution >= 4 is 23.4 Å². The van der Waals surface area contributed by atoms with E-state index < -0.39 is 71.5 Å². The summed E-state index contributed by atoms with van der Waals surface area (Å²) in [5, 5.41) is 11.1. The first-order valence-corrected chi connectivity index (χ1v) is 14.4. The fourth-order valence-corrected chi connectivity index (χ4v) is 6.08. The highest BCUT2D eigenvalue weighted by Crippen LogP contribution is 2.42. The van der Waals surface area contributed by atoms with Crippen molar-refractivity contribution in [2.45, 2.75) is 51.1 Å². The van der Waals surface area contributed by atoms with Crippen molar-refractivity contribution in [1.82, 2.24) is 9.88 Å². The second kappa shape index (κ2) is 11.9. The maximum absolute atomic E-state index is 13.7. The number of carbonyl (C=O) groups excluding carboxylic acids is 1. The fourth-order valence-electron chi connectivity index (χ4n) is 5.20. The van der Waals surface area contributed by atoms with Gasteiger partial charge >= 0.3 is 30.6 Å². The number of hydrogen-bond donors (Lipinski definition) is 1. The van der Waals surface area contributed by atoms with Crippen molar-refractivity contribution in [3.8, 4) is 21.8 Å². The Morgan fingerprint density at radius 1 is 0.872 bits per heavy atom. The van der Waals surface area contributed by atoms with Crippen LogP contribution < -0.4 is 0 Å². The standard InChI is InChI=1S/C31H21F9N2O4S/c1-14-7-16(27(43)44)3-5-22(14)24-13-47-26(41-24)23-6-4-19(29(32,33)34)10-18(23)12-42-15(2)25(46-28(42)45)17-8-20(30(35,36)37)11-21(9-17)31(38,39)40/h3-11,13,15,25H,12H2,1-2H3,(H,43,44)/t15-,25-/m0/s1. The van der Waals surface area contributed by atoms with Gasteiger partial charge in [0.2, 0.25) is 0 Å². The summed E-state index contributed by atoms with van der Waals surface area (Å²) in [4.78, 5) is 29.7. The number of carboxylic acids is 1. The van der Waals surface area contributed by atoms with Crippen LogP contribution in [0.2, 0.25) is 0 Å². The van der Waals surface area contributed by atoms with Gasteiger partial charge in [-0.25, -0.2) is 14.6 Å². The lowest BCUT2D eigenvalue weighted by molar-refractivity contribution is -0.143. The van der Waals surface area contributed by atoms with E-state index >= 15 is 0 Å². The van der Waals surface area contributed by atoms with E-state index in [4.69, 9.17) is 4.74 Å². The zero-order valence-corrected chi connectivity index (χ0v) is 24.8. The van der Waals surface area contributed by atoms with Crippen molar-refractivity contribution in [3.63, 3.8) is 0 Å². The minimum atomic E-state index is -5.15. The highest BCUT2D eigenvalue weighted by Gasteiger charge is 2.44. The second-order valence-electron chi connectivity index (χ2n) is 10.8. The van der Waals surface area contributed by atoms with Gasteiger partial charge in [-0.15, -0.1) is 11.3 Å². The van der Waals surface area contributed by atoms with Crippen molar-refractivity contribution in [2.75, 3.05) is 0 Å². The van der Waals surface area contributed by atoms with Crippen molar-refractivity contribution in [1.29, 1.82) is 0 Å². The zero-order valence-electron chi connectivity index (χ0n) is 24.0. The molecule has 2 heterocycles. The molecular weight excluding hydrogens is 667 g/mol. The van der Waals surface area contributed by atoms with E-state index in [1.54, 1.807) is 12.3 Å². The lowest BCUT2D eigenvalue weighted by atomic mass is 9.97. The number of carbonyl (C=O) groups is 2. The second-order valence-corrected chi connectivity index (χ2v) is 11.6. The summed E-state index contributed by atoms with van der Waals surface area (Å²) in [5.41, 5.74) is -3.22. The first kappa shape index (κ1) is 33.8. The quantitative estimate of drug-likeness (QED) is 0.204. The molecule has 0 radical (unpaired) electrons. The number of nitrogens with zero attached hydrogens (tertiary/aromatic N) is 2. The number of rotatable bonds is 6. The van der Waals surface area contributed by atoms with Gasteiger partial charge in [0.15, 0.2) is 0 Å². The lowest BCUT2D eigenvalue weighted by Gasteiger charge is -2.23. The Labute approximate surface area is 264 Å². The van der Waals surface area contributed by atoms with Crippen LogP contribution in [-0.2, 0) is 29.8 Å². The van der Waals surface area contributed by atoms with Crippen LogP contribution in [0.4, 0.5) is 44.3 Å². The van der Waals surface area contributed by atoms with Crippen LogP contribution >= 0.6 is 11.3 Å². The number of aryl methyl sites for hydroxylation is 1. The molecule has 1 aliphatic rings. The summed E-state index contributed by atoms with van der Waals surface area (Å²) in [6.07, 6.45) is -17.9. The van der Waals surface area contributed by atoms with Gasteiger partial charge in [0.05, 0.1) is 40.5 Å². The third-order valence-electron chi connectivity index (χ3n) is 7.59. The maximum atomic E-state index is 13.7. The number of thiazole rings is 1. The van der Waals surface area contributed by atoms with E-state index in [0.29, 0.717) is 29.0 Å². The molecule has 1 aromatic heterocycles. The van der Waals surface area contributed by atoms with Gasteiger partial charge < -0.3 is 9.84 Å². The van der Waals surface area contributed by atoms with Crippen LogP contribution in [0, 0.1) is 6.92 Å². The molecule has 1 saturated heterocycles. The van der Waals surface area contributed by atoms with Crippen LogP contribution in [0.3, 0.4) is 0 Å².